The lowest BCUT2D eigenvalue weighted by molar-refractivity contribution is -0.176. The lowest BCUT2D eigenvalue weighted by Gasteiger charge is -2.61. The number of aliphatic hydroxyl groups is 2. The van der Waals surface area contributed by atoms with Crippen LogP contribution in [0.15, 0.2) is 54.3 Å². The molecule has 0 radical (unpaired) electrons. The van der Waals surface area contributed by atoms with Gasteiger partial charge in [0.15, 0.2) is 23.7 Å². The Hall–Kier alpha value is -4.46. The third-order valence-corrected chi connectivity index (χ3v) is 9.66. The molecule has 13 heteroatoms. The van der Waals surface area contributed by atoms with Gasteiger partial charge in [-0.25, -0.2) is 9.59 Å². The minimum atomic E-state index is -1.87. The zero-order valence-electron chi connectivity index (χ0n) is 25.4. The number of carboxylic acid groups (broad SMARTS) is 1. The van der Waals surface area contributed by atoms with Crippen molar-refractivity contribution in [3.8, 4) is 11.5 Å². The van der Waals surface area contributed by atoms with E-state index in [1.54, 1.807) is 43.5 Å². The van der Waals surface area contributed by atoms with E-state index in [1.165, 1.54) is 0 Å². The maximum Gasteiger partial charge on any atom is 0.357 e. The van der Waals surface area contributed by atoms with E-state index < -0.39 is 59.6 Å². The largest absolute Gasteiger partial charge is 0.493 e. The molecule has 2 bridgehead atoms. The van der Waals surface area contributed by atoms with Crippen LogP contribution in [0.5, 0.6) is 11.5 Å². The highest BCUT2D eigenvalue weighted by atomic mass is 16.6. The van der Waals surface area contributed by atoms with Gasteiger partial charge in [-0.2, -0.15) is 0 Å². The van der Waals surface area contributed by atoms with E-state index in [1.807, 2.05) is 19.2 Å². The average Bonchev–Trinajstić information content (AvgIpc) is 3.39. The number of piperidine rings is 1. The normalized spacial score (nSPS) is 26.8. The number of aliphatic carboxylic acids is 1. The number of likely N-dealkylation sites (tertiary alicyclic amines) is 1. The topological polar surface area (TPSA) is 181 Å². The summed E-state index contributed by atoms with van der Waals surface area (Å²) >= 11 is 0. The number of hydrogen-bond acceptors (Lipinski definition) is 11. The first-order valence-electron chi connectivity index (χ1n) is 15.1. The van der Waals surface area contributed by atoms with Crippen LogP contribution in [0, 0.1) is 0 Å². The second-order valence-electron chi connectivity index (χ2n) is 12.1. The molecule has 1 amide bonds. The van der Waals surface area contributed by atoms with Gasteiger partial charge < -0.3 is 44.5 Å². The van der Waals surface area contributed by atoms with E-state index in [-0.39, 0.29) is 31.2 Å². The number of likely N-dealkylation sites (N-methyl/N-ethyl adjacent to an activating group) is 1. The van der Waals surface area contributed by atoms with Gasteiger partial charge in [0.25, 0.3) is 0 Å². The smallest absolute Gasteiger partial charge is 0.357 e. The minimum absolute atomic E-state index is 0.182. The maximum atomic E-state index is 13.8. The molecule has 6 rings (SSSR count). The number of esters is 2. The quantitative estimate of drug-likeness (QED) is 0.259. The molecule has 1 saturated heterocycles. The van der Waals surface area contributed by atoms with Gasteiger partial charge in [0.05, 0.1) is 31.0 Å². The fourth-order valence-electron chi connectivity index (χ4n) is 7.47. The SMILES string of the molecule is COc1ccc2c3c1O[C@H]1C(OC(=O)[C@H](OC(=O)CCNC(=O)CC(O)C(=O)O)c4ccccc4)=CC[C@@]4(O)[C@@H](C2)N(C)CC[C@]314. The fourth-order valence-corrected chi connectivity index (χ4v) is 7.47. The van der Waals surface area contributed by atoms with Crippen LogP contribution >= 0.6 is 0 Å². The van der Waals surface area contributed by atoms with E-state index in [2.05, 4.69) is 10.2 Å². The van der Waals surface area contributed by atoms with Crippen molar-refractivity contribution in [1.82, 2.24) is 10.2 Å². The van der Waals surface area contributed by atoms with Crippen molar-refractivity contribution < 1.29 is 53.4 Å². The van der Waals surface area contributed by atoms with Gasteiger partial charge in [-0.1, -0.05) is 36.4 Å². The summed E-state index contributed by atoms with van der Waals surface area (Å²) in [6.45, 7) is 0.487. The first kappa shape index (κ1) is 31.5. The highest BCUT2D eigenvalue weighted by Gasteiger charge is 2.72. The molecule has 46 heavy (non-hydrogen) atoms. The van der Waals surface area contributed by atoms with E-state index in [9.17, 15) is 29.4 Å². The van der Waals surface area contributed by atoms with Gasteiger partial charge in [-0.05, 0) is 44.1 Å². The summed E-state index contributed by atoms with van der Waals surface area (Å²) in [7, 11) is 3.55. The van der Waals surface area contributed by atoms with Crippen molar-refractivity contribution in [3.05, 3.63) is 71.0 Å². The Bertz CT molecular complexity index is 1590. The molecule has 0 saturated carbocycles. The second-order valence-corrected chi connectivity index (χ2v) is 12.1. The number of carbonyl (C=O) groups excluding carboxylic acids is 3. The molecular formula is C33H36N2O11. The molecule has 4 N–H and O–H groups in total. The van der Waals surface area contributed by atoms with Crippen LogP contribution in [0.1, 0.15) is 48.5 Å². The number of rotatable bonds is 11. The number of carboxylic acids is 1. The zero-order chi connectivity index (χ0) is 32.8. The minimum Gasteiger partial charge on any atom is -0.493 e. The highest BCUT2D eigenvalue weighted by molar-refractivity contribution is 5.84. The van der Waals surface area contributed by atoms with Crippen molar-refractivity contribution in [2.24, 2.45) is 0 Å². The summed E-state index contributed by atoms with van der Waals surface area (Å²) in [4.78, 5) is 51.5. The predicted octanol–water partition coefficient (Wildman–Crippen LogP) is 1.14. The average molecular weight is 637 g/mol. The van der Waals surface area contributed by atoms with Gasteiger partial charge in [-0.15, -0.1) is 0 Å². The molecule has 0 aromatic heterocycles. The van der Waals surface area contributed by atoms with Crippen LogP contribution in [0.25, 0.3) is 0 Å². The number of benzene rings is 2. The third-order valence-electron chi connectivity index (χ3n) is 9.66. The Morgan fingerprint density at radius 3 is 2.63 bits per heavy atom. The van der Waals surface area contributed by atoms with Crippen molar-refractivity contribution in [3.63, 3.8) is 0 Å². The molecule has 2 aliphatic carbocycles. The third kappa shape index (κ3) is 5.08. The Kier molecular flexibility index (Phi) is 8.25. The Balaban J connectivity index is 1.23. The molecule has 1 fully saturated rings. The van der Waals surface area contributed by atoms with E-state index in [0.717, 1.165) is 11.1 Å². The molecule has 1 spiro atoms. The Morgan fingerprint density at radius 1 is 1.15 bits per heavy atom. The summed E-state index contributed by atoms with van der Waals surface area (Å²) in [5.41, 5.74) is 0.206. The van der Waals surface area contributed by atoms with E-state index in [0.29, 0.717) is 36.4 Å². The fraction of sp³-hybridized carbons (Fsp3) is 0.455. The highest BCUT2D eigenvalue weighted by Crippen LogP contribution is 2.65. The van der Waals surface area contributed by atoms with Crippen molar-refractivity contribution in [2.75, 3.05) is 27.2 Å². The number of carbonyl (C=O) groups is 4. The second kappa shape index (κ2) is 12.0. The summed E-state index contributed by atoms with van der Waals surface area (Å²) in [6.07, 6.45) is -2.08. The first-order chi connectivity index (χ1) is 22.0. The zero-order valence-corrected chi connectivity index (χ0v) is 25.4. The molecule has 13 nitrogen and oxygen atoms in total. The van der Waals surface area contributed by atoms with Crippen molar-refractivity contribution in [1.29, 1.82) is 0 Å². The summed E-state index contributed by atoms with van der Waals surface area (Å²) in [6, 6.07) is 12.0. The van der Waals surface area contributed by atoms with E-state index in [4.69, 9.17) is 24.1 Å². The number of nitrogens with one attached hydrogen (secondary N) is 1. The molecule has 2 heterocycles. The maximum absolute atomic E-state index is 13.8. The van der Waals surface area contributed by atoms with Crippen LogP contribution in [0.2, 0.25) is 0 Å². The van der Waals surface area contributed by atoms with Crippen LogP contribution in [-0.4, -0.2) is 95.1 Å². The number of ether oxygens (including phenoxy) is 4. The molecule has 4 aliphatic rings. The lowest BCUT2D eigenvalue weighted by Crippen LogP contribution is -2.74. The molecule has 244 valence electrons. The molecule has 1 unspecified atom stereocenters. The standard InChI is InChI=1S/C33H36N2O11/c1-35-15-13-32-26-19-8-9-21(43-2)28(26)46-29(32)22(10-12-33(32,42)23(35)16-19)44-31(41)27(18-6-4-3-5-7-18)45-25(38)11-14-34-24(37)17-20(36)30(39)40/h3-10,20,23,27,29,36,42H,11-17H2,1-2H3,(H,34,37)(H,39,40)/t20?,23-,27-,29+,32+,33-/m1/s1. The van der Waals surface area contributed by atoms with Crippen molar-refractivity contribution in [2.45, 2.75) is 67.5 Å². The van der Waals surface area contributed by atoms with Crippen LogP contribution in [0.4, 0.5) is 0 Å². The monoisotopic (exact) mass is 636 g/mol. The number of amides is 1. The van der Waals surface area contributed by atoms with Crippen LogP contribution in [0.3, 0.4) is 0 Å². The molecule has 2 aliphatic heterocycles. The van der Waals surface area contributed by atoms with Crippen molar-refractivity contribution >= 4 is 23.8 Å². The summed E-state index contributed by atoms with van der Waals surface area (Å²) in [5.74, 6) is -2.73. The Morgan fingerprint density at radius 2 is 1.91 bits per heavy atom. The number of methoxy groups -OCH3 is 1. The lowest BCUT2D eigenvalue weighted by atomic mass is 9.50. The van der Waals surface area contributed by atoms with Crippen LogP contribution in [-0.2, 0) is 40.5 Å². The number of aliphatic hydroxyl groups excluding tert-OH is 1. The number of hydrogen-bond donors (Lipinski definition) is 4. The summed E-state index contributed by atoms with van der Waals surface area (Å²) < 4.78 is 23.8. The molecule has 2 aromatic carbocycles. The Labute approximate surface area is 264 Å². The van der Waals surface area contributed by atoms with Crippen LogP contribution < -0.4 is 14.8 Å². The first-order valence-corrected chi connectivity index (χ1v) is 15.1. The van der Waals surface area contributed by atoms with Gasteiger partial charge in [-0.3, -0.25) is 9.59 Å². The van der Waals surface area contributed by atoms with Gasteiger partial charge >= 0.3 is 17.9 Å². The molecule has 6 atom stereocenters. The van der Waals surface area contributed by atoms with Gasteiger partial charge in [0.1, 0.15) is 5.76 Å². The van der Waals surface area contributed by atoms with Gasteiger partial charge in [0, 0.05) is 30.1 Å². The predicted molar refractivity (Wildman–Crippen MR) is 159 cm³/mol. The summed E-state index contributed by atoms with van der Waals surface area (Å²) in [5, 5.41) is 32.9. The molecular weight excluding hydrogens is 600 g/mol. The molecule has 2 aromatic rings. The van der Waals surface area contributed by atoms with Gasteiger partial charge in [0.2, 0.25) is 12.0 Å². The van der Waals surface area contributed by atoms with E-state index >= 15 is 0 Å². The number of nitrogens with zero attached hydrogens (tertiary/aromatic N) is 1.